The van der Waals surface area contributed by atoms with Gasteiger partial charge in [0, 0.05) is 44.5 Å². The first kappa shape index (κ1) is 25.7. The molecule has 2 fully saturated rings. The van der Waals surface area contributed by atoms with E-state index in [1.54, 1.807) is 35.4 Å². The summed E-state index contributed by atoms with van der Waals surface area (Å²) in [7, 11) is -2.91. The van der Waals surface area contributed by atoms with Gasteiger partial charge >= 0.3 is 6.09 Å². The van der Waals surface area contributed by atoms with Crippen LogP contribution in [0.15, 0.2) is 41.6 Å². The van der Waals surface area contributed by atoms with Gasteiger partial charge in [0.25, 0.3) is 15.9 Å². The van der Waals surface area contributed by atoms with Crippen molar-refractivity contribution in [1.29, 1.82) is 0 Å². The molecule has 2 aromatic heterocycles. The van der Waals surface area contributed by atoms with Crippen molar-refractivity contribution in [3.8, 4) is 0 Å². The van der Waals surface area contributed by atoms with E-state index in [0.717, 1.165) is 13.0 Å². The number of hydrogen-bond donors (Lipinski definition) is 1. The summed E-state index contributed by atoms with van der Waals surface area (Å²) in [6, 6.07) is 7.82. The van der Waals surface area contributed by atoms with Gasteiger partial charge in [-0.15, -0.1) is 0 Å². The number of piperazine rings is 1. The molecular weight excluding hydrogens is 484 g/mol. The SMILES string of the molecule is COC(=O)N1CCN(c2cccc(S(=O)(=O)NC(=O)c3cccnc3N3CC(C)CC3(C)C)n2)CC1. The maximum absolute atomic E-state index is 13.2. The first-order valence-corrected chi connectivity index (χ1v) is 13.3. The van der Waals surface area contributed by atoms with E-state index >= 15 is 0 Å². The Kier molecular flexibility index (Phi) is 7.07. The molecule has 2 aromatic rings. The zero-order valence-corrected chi connectivity index (χ0v) is 21.8. The molecular formula is C24H32N6O5S. The molecule has 0 bridgehead atoms. The Labute approximate surface area is 211 Å². The van der Waals surface area contributed by atoms with E-state index in [1.807, 2.05) is 4.90 Å². The van der Waals surface area contributed by atoms with Crippen molar-refractivity contribution in [2.75, 3.05) is 49.6 Å². The van der Waals surface area contributed by atoms with E-state index in [0.29, 0.717) is 43.7 Å². The van der Waals surface area contributed by atoms with Crippen LogP contribution in [0, 0.1) is 5.92 Å². The molecule has 0 saturated carbocycles. The number of nitrogens with one attached hydrogen (secondary N) is 1. The van der Waals surface area contributed by atoms with Crippen LogP contribution in [-0.4, -0.2) is 80.7 Å². The maximum atomic E-state index is 13.2. The van der Waals surface area contributed by atoms with Gasteiger partial charge in [0.2, 0.25) is 0 Å². The normalized spacial score (nSPS) is 19.8. The predicted molar refractivity (Wildman–Crippen MR) is 135 cm³/mol. The third-order valence-electron chi connectivity index (χ3n) is 6.61. The number of methoxy groups -OCH3 is 1. The molecule has 11 nitrogen and oxygen atoms in total. The van der Waals surface area contributed by atoms with Gasteiger partial charge in [-0.2, -0.15) is 8.42 Å². The Morgan fingerprint density at radius 1 is 1.11 bits per heavy atom. The first-order valence-electron chi connectivity index (χ1n) is 11.9. The summed E-state index contributed by atoms with van der Waals surface area (Å²) in [6.45, 7) is 8.84. The van der Waals surface area contributed by atoms with Crippen LogP contribution in [-0.2, 0) is 14.8 Å². The van der Waals surface area contributed by atoms with Crippen molar-refractivity contribution in [1.82, 2.24) is 19.6 Å². The second-order valence-corrected chi connectivity index (χ2v) is 11.4. The van der Waals surface area contributed by atoms with Crippen molar-refractivity contribution in [2.24, 2.45) is 5.92 Å². The van der Waals surface area contributed by atoms with Crippen molar-refractivity contribution < 1.29 is 22.7 Å². The topological polar surface area (TPSA) is 125 Å². The third kappa shape index (κ3) is 5.23. The zero-order valence-electron chi connectivity index (χ0n) is 21.0. The average molecular weight is 517 g/mol. The number of hydrogen-bond acceptors (Lipinski definition) is 9. The minimum atomic E-state index is -4.24. The first-order chi connectivity index (χ1) is 17.0. The molecule has 2 aliphatic rings. The fraction of sp³-hybridized carbons (Fsp3) is 0.500. The van der Waals surface area contributed by atoms with Gasteiger partial charge in [-0.25, -0.2) is 19.5 Å². The number of nitrogens with zero attached hydrogens (tertiary/aromatic N) is 5. The number of carbonyl (C=O) groups is 2. The fourth-order valence-electron chi connectivity index (χ4n) is 4.95. The Morgan fingerprint density at radius 3 is 2.47 bits per heavy atom. The van der Waals surface area contributed by atoms with Crippen LogP contribution in [0.25, 0.3) is 0 Å². The highest BCUT2D eigenvalue weighted by Gasteiger charge is 2.39. The summed E-state index contributed by atoms with van der Waals surface area (Å²) in [4.78, 5) is 39.1. The molecule has 36 heavy (non-hydrogen) atoms. The molecule has 1 unspecified atom stereocenters. The lowest BCUT2D eigenvalue weighted by atomic mass is 9.97. The highest BCUT2D eigenvalue weighted by molar-refractivity contribution is 7.90. The number of anilines is 2. The smallest absolute Gasteiger partial charge is 0.409 e. The van der Waals surface area contributed by atoms with Crippen LogP contribution in [0.2, 0.25) is 0 Å². The summed E-state index contributed by atoms with van der Waals surface area (Å²) in [5, 5.41) is -0.260. The van der Waals surface area contributed by atoms with Crippen molar-refractivity contribution >= 4 is 33.7 Å². The van der Waals surface area contributed by atoms with Crippen LogP contribution in [0.1, 0.15) is 37.6 Å². The summed E-state index contributed by atoms with van der Waals surface area (Å²) >= 11 is 0. The Bertz CT molecular complexity index is 1240. The highest BCUT2D eigenvalue weighted by atomic mass is 32.2. The molecule has 4 rings (SSSR count). The van der Waals surface area contributed by atoms with Crippen LogP contribution in [0.3, 0.4) is 0 Å². The molecule has 4 heterocycles. The molecule has 0 aromatic carbocycles. The number of pyridine rings is 2. The Hall–Kier alpha value is -3.41. The van der Waals surface area contributed by atoms with E-state index in [1.165, 1.54) is 13.2 Å². The second-order valence-electron chi connectivity index (χ2n) is 9.82. The minimum Gasteiger partial charge on any atom is -0.453 e. The fourth-order valence-corrected chi connectivity index (χ4v) is 5.89. The lowest BCUT2D eigenvalue weighted by Crippen LogP contribution is -2.49. The molecule has 2 aliphatic heterocycles. The highest BCUT2D eigenvalue weighted by Crippen LogP contribution is 2.37. The van der Waals surface area contributed by atoms with Gasteiger partial charge in [-0.05, 0) is 50.5 Å². The minimum absolute atomic E-state index is 0.193. The number of aromatic nitrogens is 2. The molecule has 194 valence electrons. The van der Waals surface area contributed by atoms with Gasteiger partial charge in [0.05, 0.1) is 12.7 Å². The van der Waals surface area contributed by atoms with E-state index in [-0.39, 0.29) is 16.1 Å². The van der Waals surface area contributed by atoms with Gasteiger partial charge in [0.15, 0.2) is 5.03 Å². The predicted octanol–water partition coefficient (Wildman–Crippen LogP) is 2.11. The summed E-state index contributed by atoms with van der Waals surface area (Å²) < 4.78 is 33.2. The Morgan fingerprint density at radius 2 is 1.83 bits per heavy atom. The Balaban J connectivity index is 1.52. The lowest BCUT2D eigenvalue weighted by molar-refractivity contribution is 0.0981. The molecule has 12 heteroatoms. The average Bonchev–Trinajstić information content (AvgIpc) is 3.14. The molecule has 0 aliphatic carbocycles. The monoisotopic (exact) mass is 516 g/mol. The van der Waals surface area contributed by atoms with Gasteiger partial charge in [-0.1, -0.05) is 13.0 Å². The molecule has 2 amide bonds. The van der Waals surface area contributed by atoms with E-state index in [2.05, 4.69) is 40.4 Å². The number of ether oxygens (including phenoxy) is 1. The number of carbonyl (C=O) groups excluding carboxylic acids is 2. The van der Waals surface area contributed by atoms with E-state index < -0.39 is 22.0 Å². The second kappa shape index (κ2) is 9.92. The van der Waals surface area contributed by atoms with Crippen LogP contribution >= 0.6 is 0 Å². The number of rotatable bonds is 5. The summed E-state index contributed by atoms with van der Waals surface area (Å²) in [6.07, 6.45) is 2.14. The van der Waals surface area contributed by atoms with Crippen molar-refractivity contribution in [2.45, 2.75) is 37.8 Å². The standard InChI is InChI=1S/C24H32N6O5S/c1-17-15-24(2,3)30(16-17)21-18(7-6-10-25-21)22(31)27-36(33,34)20-9-5-8-19(26-20)28-11-13-29(14-12-28)23(32)35-4/h5-10,17H,11-16H2,1-4H3,(H,27,31). The van der Waals surface area contributed by atoms with Gasteiger partial charge in [-0.3, -0.25) is 4.79 Å². The summed E-state index contributed by atoms with van der Waals surface area (Å²) in [5.74, 6) is 0.574. The largest absolute Gasteiger partial charge is 0.453 e. The third-order valence-corrected chi connectivity index (χ3v) is 7.84. The molecule has 2 saturated heterocycles. The van der Waals surface area contributed by atoms with Crippen molar-refractivity contribution in [3.63, 3.8) is 0 Å². The van der Waals surface area contributed by atoms with E-state index in [9.17, 15) is 18.0 Å². The van der Waals surface area contributed by atoms with Crippen LogP contribution in [0.4, 0.5) is 16.4 Å². The zero-order chi connectivity index (χ0) is 26.1. The van der Waals surface area contributed by atoms with Crippen molar-refractivity contribution in [3.05, 3.63) is 42.1 Å². The van der Waals surface area contributed by atoms with E-state index in [4.69, 9.17) is 4.74 Å². The quantitative estimate of drug-likeness (QED) is 0.636. The molecule has 0 spiro atoms. The molecule has 1 N–H and O–H groups in total. The number of amides is 2. The lowest BCUT2D eigenvalue weighted by Gasteiger charge is -2.34. The van der Waals surface area contributed by atoms with Crippen LogP contribution in [0.5, 0.6) is 0 Å². The molecule has 1 atom stereocenters. The maximum Gasteiger partial charge on any atom is 0.409 e. The van der Waals surface area contributed by atoms with Gasteiger partial charge in [0.1, 0.15) is 11.6 Å². The van der Waals surface area contributed by atoms with Gasteiger partial charge < -0.3 is 19.4 Å². The summed E-state index contributed by atoms with van der Waals surface area (Å²) in [5.41, 5.74) is -0.0199. The van der Waals surface area contributed by atoms with Crippen LogP contribution < -0.4 is 14.5 Å². The molecule has 0 radical (unpaired) electrons. The number of sulfonamides is 1.